The minimum absolute atomic E-state index is 0.135. The van der Waals surface area contributed by atoms with Crippen molar-refractivity contribution in [3.8, 4) is 12.1 Å². The van der Waals surface area contributed by atoms with Gasteiger partial charge in [0.15, 0.2) is 6.61 Å². The number of nitriles is 2. The number of amides is 2. The minimum Gasteiger partial charge on any atom is -0.452 e. The Kier molecular flexibility index (Phi) is 7.97. The van der Waals surface area contributed by atoms with E-state index in [-0.39, 0.29) is 31.8 Å². The number of hydrogen-bond donors (Lipinski definition) is 1. The summed E-state index contributed by atoms with van der Waals surface area (Å²) in [6.45, 7) is 1.26. The molecule has 0 spiro atoms. The van der Waals surface area contributed by atoms with Crippen LogP contribution in [0.5, 0.6) is 0 Å². The summed E-state index contributed by atoms with van der Waals surface area (Å²) in [6, 6.07) is 3.91. The van der Waals surface area contributed by atoms with Crippen molar-refractivity contribution in [3.63, 3.8) is 0 Å². The van der Waals surface area contributed by atoms with Crippen molar-refractivity contribution in [1.82, 2.24) is 4.90 Å². The predicted octanol–water partition coefficient (Wildman–Crippen LogP) is 2.40. The molecule has 2 amide bonds. The van der Waals surface area contributed by atoms with Gasteiger partial charge in [-0.25, -0.2) is 4.79 Å². The van der Waals surface area contributed by atoms with E-state index in [0.29, 0.717) is 10.6 Å². The second-order valence-corrected chi connectivity index (χ2v) is 7.47. The number of hydrogen-bond acceptors (Lipinski definition) is 7. The lowest BCUT2D eigenvalue weighted by Gasteiger charge is -2.20. The molecule has 1 aromatic rings. The Morgan fingerprint density at radius 3 is 2.39 bits per heavy atom. The lowest BCUT2D eigenvalue weighted by atomic mass is 9.95. The van der Waals surface area contributed by atoms with E-state index in [0.717, 1.165) is 36.1 Å². The van der Waals surface area contributed by atoms with Gasteiger partial charge < -0.3 is 15.0 Å². The van der Waals surface area contributed by atoms with Gasteiger partial charge in [-0.3, -0.25) is 9.59 Å². The minimum atomic E-state index is -0.642. The van der Waals surface area contributed by atoms with E-state index >= 15 is 0 Å². The van der Waals surface area contributed by atoms with Crippen molar-refractivity contribution >= 4 is 34.1 Å². The molecule has 2 rings (SSSR count). The van der Waals surface area contributed by atoms with Crippen LogP contribution in [0.1, 0.15) is 53.4 Å². The molecule has 0 radical (unpaired) electrons. The molecule has 0 fully saturated rings. The zero-order valence-electron chi connectivity index (χ0n) is 15.7. The monoisotopic (exact) mass is 402 g/mol. The Balaban J connectivity index is 2.10. The van der Waals surface area contributed by atoms with Gasteiger partial charge in [0.1, 0.15) is 5.00 Å². The molecule has 1 heterocycles. The molecule has 148 valence electrons. The van der Waals surface area contributed by atoms with Crippen molar-refractivity contribution < 1.29 is 19.1 Å². The maximum absolute atomic E-state index is 12.7. The first-order valence-electron chi connectivity index (χ1n) is 9.08. The van der Waals surface area contributed by atoms with Gasteiger partial charge in [-0.1, -0.05) is 0 Å². The van der Waals surface area contributed by atoms with E-state index in [9.17, 15) is 14.4 Å². The zero-order valence-corrected chi connectivity index (χ0v) is 16.6. The van der Waals surface area contributed by atoms with Crippen LogP contribution in [0.25, 0.3) is 0 Å². The Hall–Kier alpha value is -2.91. The first kappa shape index (κ1) is 21.4. The number of carbonyl (C=O) groups is 3. The molecule has 0 aromatic carbocycles. The number of carbonyl (C=O) groups excluding carboxylic acids is 3. The van der Waals surface area contributed by atoms with Gasteiger partial charge in [-0.05, 0) is 31.2 Å². The molecular formula is C19H22N4O4S. The van der Waals surface area contributed by atoms with Crippen LogP contribution in [0, 0.1) is 22.7 Å². The van der Waals surface area contributed by atoms with Crippen molar-refractivity contribution in [2.75, 3.05) is 25.0 Å². The third-order valence-corrected chi connectivity index (χ3v) is 5.54. The molecule has 9 heteroatoms. The molecule has 28 heavy (non-hydrogen) atoms. The average molecular weight is 402 g/mol. The van der Waals surface area contributed by atoms with Gasteiger partial charge in [0.05, 0.1) is 30.5 Å². The van der Waals surface area contributed by atoms with Gasteiger partial charge in [-0.15, -0.1) is 11.3 Å². The average Bonchev–Trinajstić information content (AvgIpc) is 3.03. The molecule has 0 atom stereocenters. The Bertz CT molecular complexity index is 816. The van der Waals surface area contributed by atoms with Crippen molar-refractivity contribution in [2.45, 2.75) is 45.4 Å². The smallest absolute Gasteiger partial charge is 0.341 e. The first-order valence-corrected chi connectivity index (χ1v) is 9.90. The van der Waals surface area contributed by atoms with Crippen LogP contribution in [0.3, 0.4) is 0 Å². The molecular weight excluding hydrogens is 380 g/mol. The maximum atomic E-state index is 12.7. The number of nitrogens with zero attached hydrogens (tertiary/aromatic N) is 3. The fourth-order valence-electron chi connectivity index (χ4n) is 3.05. The second kappa shape index (κ2) is 10.4. The molecule has 0 unspecified atom stereocenters. The lowest BCUT2D eigenvalue weighted by molar-refractivity contribution is -0.134. The van der Waals surface area contributed by atoms with Gasteiger partial charge in [0, 0.05) is 24.9 Å². The van der Waals surface area contributed by atoms with Gasteiger partial charge >= 0.3 is 5.97 Å². The molecule has 0 saturated carbocycles. The summed E-state index contributed by atoms with van der Waals surface area (Å²) in [6.07, 6.45) is 3.85. The lowest BCUT2D eigenvalue weighted by Crippen LogP contribution is -2.36. The van der Waals surface area contributed by atoms with E-state index in [4.69, 9.17) is 15.3 Å². The number of ether oxygens (including phenoxy) is 1. The molecule has 1 aliphatic rings. The highest BCUT2D eigenvalue weighted by Gasteiger charge is 2.27. The Labute approximate surface area is 167 Å². The normalized spacial score (nSPS) is 12.2. The highest BCUT2D eigenvalue weighted by atomic mass is 32.1. The number of anilines is 1. The van der Waals surface area contributed by atoms with Crippen LogP contribution in [0.15, 0.2) is 0 Å². The topological polar surface area (TPSA) is 123 Å². The summed E-state index contributed by atoms with van der Waals surface area (Å²) in [5.41, 5.74) is 1.23. The molecule has 0 bridgehead atoms. The van der Waals surface area contributed by atoms with Crippen LogP contribution < -0.4 is 5.32 Å². The molecule has 1 aliphatic carbocycles. The van der Waals surface area contributed by atoms with Gasteiger partial charge in [0.2, 0.25) is 5.91 Å². The van der Waals surface area contributed by atoms with E-state index in [1.807, 2.05) is 12.1 Å². The largest absolute Gasteiger partial charge is 0.452 e. The molecule has 0 aliphatic heterocycles. The summed E-state index contributed by atoms with van der Waals surface area (Å²) in [5.74, 6) is -1.37. The summed E-state index contributed by atoms with van der Waals surface area (Å²) in [7, 11) is 0. The Morgan fingerprint density at radius 1 is 1.14 bits per heavy atom. The van der Waals surface area contributed by atoms with Gasteiger partial charge in [0.25, 0.3) is 5.91 Å². The quantitative estimate of drug-likeness (QED) is 0.666. The number of nitrogens with one attached hydrogen (secondary N) is 1. The fraction of sp³-hybridized carbons (Fsp3) is 0.526. The number of aryl methyl sites for hydroxylation is 1. The molecule has 1 aromatic heterocycles. The highest BCUT2D eigenvalue weighted by molar-refractivity contribution is 7.17. The van der Waals surface area contributed by atoms with Gasteiger partial charge in [-0.2, -0.15) is 10.5 Å². The number of rotatable bonds is 8. The summed E-state index contributed by atoms with van der Waals surface area (Å²) < 4.78 is 5.24. The predicted molar refractivity (Wildman–Crippen MR) is 103 cm³/mol. The number of esters is 1. The summed E-state index contributed by atoms with van der Waals surface area (Å²) >= 11 is 1.38. The van der Waals surface area contributed by atoms with Crippen LogP contribution in [0.4, 0.5) is 5.00 Å². The van der Waals surface area contributed by atoms with Crippen LogP contribution in [0.2, 0.25) is 0 Å². The Morgan fingerprint density at radius 2 is 1.79 bits per heavy atom. The van der Waals surface area contributed by atoms with E-state index in [2.05, 4.69) is 5.32 Å². The van der Waals surface area contributed by atoms with Crippen molar-refractivity contribution in [1.29, 1.82) is 10.5 Å². The van der Waals surface area contributed by atoms with Crippen molar-refractivity contribution in [2.24, 2.45) is 0 Å². The molecule has 0 saturated heterocycles. The van der Waals surface area contributed by atoms with Crippen molar-refractivity contribution in [3.05, 3.63) is 16.0 Å². The van der Waals surface area contributed by atoms with E-state index in [1.54, 1.807) is 0 Å². The number of thiophene rings is 1. The maximum Gasteiger partial charge on any atom is 0.341 e. The third-order valence-electron chi connectivity index (χ3n) is 4.33. The zero-order chi connectivity index (χ0) is 20.5. The molecule has 8 nitrogen and oxygen atoms in total. The summed E-state index contributed by atoms with van der Waals surface area (Å²) in [4.78, 5) is 38.9. The third kappa shape index (κ3) is 5.54. The number of fused-ring (bicyclic) bond motifs is 1. The summed E-state index contributed by atoms with van der Waals surface area (Å²) in [5, 5.41) is 20.6. The molecule has 1 N–H and O–H groups in total. The van der Waals surface area contributed by atoms with Crippen LogP contribution in [-0.2, 0) is 27.2 Å². The van der Waals surface area contributed by atoms with E-state index in [1.165, 1.54) is 23.2 Å². The van der Waals surface area contributed by atoms with Crippen LogP contribution in [-0.4, -0.2) is 42.4 Å². The van der Waals surface area contributed by atoms with E-state index < -0.39 is 18.5 Å². The SMILES string of the molecule is CC(=O)Nc1sc2c(c1C(=O)OCC(=O)N(CCC#N)CCC#N)CCCC2. The highest BCUT2D eigenvalue weighted by Crippen LogP contribution is 2.38. The standard InChI is InChI=1S/C19H22N4O4S/c1-13(24)22-18-17(14-6-2-3-7-15(14)28-18)19(26)27-12-16(25)23(10-4-8-20)11-5-9-21/h2-7,10-12H2,1H3,(H,22,24). The fourth-order valence-corrected chi connectivity index (χ4v) is 4.38. The first-order chi connectivity index (χ1) is 13.5. The second-order valence-electron chi connectivity index (χ2n) is 6.37. The van der Waals surface area contributed by atoms with Crippen LogP contribution >= 0.6 is 11.3 Å².